The van der Waals surface area contributed by atoms with E-state index in [9.17, 15) is 9.90 Å². The second kappa shape index (κ2) is 8.22. The molecule has 2 aromatic carbocycles. The van der Waals surface area contributed by atoms with Gasteiger partial charge in [0.15, 0.2) is 12.4 Å². The van der Waals surface area contributed by atoms with Gasteiger partial charge in [0.05, 0.1) is 10.7 Å². The first-order valence-electron chi connectivity index (χ1n) is 7.80. The van der Waals surface area contributed by atoms with Gasteiger partial charge >= 0.3 is 0 Å². The third-order valence-corrected chi connectivity index (χ3v) is 3.72. The topological polar surface area (TPSA) is 83.5 Å². The number of ether oxygens (including phenoxy) is 1. The molecule has 7 heteroatoms. The molecule has 0 aliphatic rings. The van der Waals surface area contributed by atoms with Crippen LogP contribution < -0.4 is 15.4 Å². The van der Waals surface area contributed by atoms with E-state index in [-0.39, 0.29) is 18.3 Å². The minimum atomic E-state index is -0.341. The normalized spacial score (nSPS) is 10.2. The number of aromatic hydroxyl groups is 1. The summed E-state index contributed by atoms with van der Waals surface area (Å²) >= 11 is 6.00. The molecule has 132 valence electrons. The highest BCUT2D eigenvalue weighted by Gasteiger charge is 2.10. The molecule has 3 N–H and O–H groups in total. The number of nitrogens with one attached hydrogen (secondary N) is 2. The van der Waals surface area contributed by atoms with Crippen molar-refractivity contribution in [2.24, 2.45) is 0 Å². The van der Waals surface area contributed by atoms with Crippen molar-refractivity contribution in [2.45, 2.75) is 0 Å². The molecular weight excluding hydrogens is 354 g/mol. The van der Waals surface area contributed by atoms with Crippen LogP contribution in [0.3, 0.4) is 0 Å². The summed E-state index contributed by atoms with van der Waals surface area (Å²) in [4.78, 5) is 16.4. The van der Waals surface area contributed by atoms with E-state index in [2.05, 4.69) is 15.6 Å². The van der Waals surface area contributed by atoms with Crippen LogP contribution in [0.1, 0.15) is 0 Å². The van der Waals surface area contributed by atoms with E-state index in [1.165, 1.54) is 0 Å². The van der Waals surface area contributed by atoms with Gasteiger partial charge in [0.2, 0.25) is 0 Å². The van der Waals surface area contributed by atoms with E-state index in [1.807, 2.05) is 0 Å². The van der Waals surface area contributed by atoms with Crippen LogP contribution in [-0.4, -0.2) is 22.6 Å². The number of pyridine rings is 1. The van der Waals surface area contributed by atoms with E-state index >= 15 is 0 Å². The first kappa shape index (κ1) is 17.6. The average molecular weight is 370 g/mol. The fraction of sp³-hybridized carbons (Fsp3) is 0.0526. The molecule has 0 atom stereocenters. The number of hydrogen-bond acceptors (Lipinski definition) is 5. The summed E-state index contributed by atoms with van der Waals surface area (Å²) < 4.78 is 5.43. The monoisotopic (exact) mass is 369 g/mol. The molecule has 0 unspecified atom stereocenters. The van der Waals surface area contributed by atoms with Crippen molar-refractivity contribution >= 4 is 34.7 Å². The number of hydrogen-bond donors (Lipinski definition) is 3. The van der Waals surface area contributed by atoms with Crippen LogP contribution in [0.2, 0.25) is 5.02 Å². The van der Waals surface area contributed by atoms with Gasteiger partial charge in [-0.25, -0.2) is 4.98 Å². The quantitative estimate of drug-likeness (QED) is 0.567. The van der Waals surface area contributed by atoms with E-state index < -0.39 is 0 Å². The third-order valence-electron chi connectivity index (χ3n) is 3.41. The van der Waals surface area contributed by atoms with Crippen molar-refractivity contribution < 1.29 is 14.6 Å². The number of anilines is 3. The number of para-hydroxylation sites is 1. The second-order valence-electron chi connectivity index (χ2n) is 5.34. The summed E-state index contributed by atoms with van der Waals surface area (Å²) in [5.41, 5.74) is 1.23. The number of phenols is 1. The Labute approximate surface area is 155 Å². The molecule has 3 rings (SSSR count). The van der Waals surface area contributed by atoms with Gasteiger partial charge < -0.3 is 20.5 Å². The summed E-state index contributed by atoms with van der Waals surface area (Å²) in [6.07, 6.45) is 1.61. The maximum atomic E-state index is 12.2. The van der Waals surface area contributed by atoms with Gasteiger partial charge in [-0.3, -0.25) is 4.79 Å². The molecule has 0 bridgehead atoms. The molecule has 0 radical (unpaired) electrons. The Hall–Kier alpha value is -3.25. The first-order valence-corrected chi connectivity index (χ1v) is 8.18. The second-order valence-corrected chi connectivity index (χ2v) is 5.75. The third kappa shape index (κ3) is 4.64. The highest BCUT2D eigenvalue weighted by Crippen LogP contribution is 2.25. The maximum absolute atomic E-state index is 12.2. The van der Waals surface area contributed by atoms with Crippen molar-refractivity contribution in [2.75, 3.05) is 17.2 Å². The van der Waals surface area contributed by atoms with Crippen LogP contribution >= 0.6 is 11.6 Å². The molecule has 1 aromatic heterocycles. The molecule has 1 amide bonds. The standard InChI is InChI=1S/C19H16ClN3O3/c20-15-4-1-2-6-17(15)26-12-18(25)23-16-5-3-11-21-19(16)22-13-7-9-14(24)10-8-13/h1-11,24H,12H2,(H,21,22)(H,23,25). The van der Waals surface area contributed by atoms with Gasteiger partial charge in [-0.2, -0.15) is 0 Å². The smallest absolute Gasteiger partial charge is 0.262 e. The summed E-state index contributed by atoms with van der Waals surface area (Å²) in [6.45, 7) is -0.183. The van der Waals surface area contributed by atoms with Gasteiger partial charge in [0.25, 0.3) is 5.91 Å². The first-order chi connectivity index (χ1) is 12.6. The number of aromatic nitrogens is 1. The van der Waals surface area contributed by atoms with Crippen LogP contribution in [0.15, 0.2) is 66.9 Å². The minimum absolute atomic E-state index is 0.168. The number of halogens is 1. The van der Waals surface area contributed by atoms with Gasteiger partial charge in [0.1, 0.15) is 11.5 Å². The summed E-state index contributed by atoms with van der Waals surface area (Å²) in [5.74, 6) is 0.746. The number of rotatable bonds is 6. The number of carbonyl (C=O) groups is 1. The summed E-state index contributed by atoms with van der Waals surface area (Å²) in [5, 5.41) is 15.6. The molecule has 0 saturated carbocycles. The lowest BCUT2D eigenvalue weighted by atomic mass is 10.3. The minimum Gasteiger partial charge on any atom is -0.508 e. The van der Waals surface area contributed by atoms with E-state index in [4.69, 9.17) is 16.3 Å². The predicted octanol–water partition coefficient (Wildman–Crippen LogP) is 4.20. The van der Waals surface area contributed by atoms with Crippen molar-refractivity contribution in [1.82, 2.24) is 4.98 Å². The molecule has 0 aliphatic carbocycles. The van der Waals surface area contributed by atoms with Crippen LogP contribution in [0.4, 0.5) is 17.2 Å². The molecular formula is C19H16ClN3O3. The molecule has 3 aromatic rings. The fourth-order valence-electron chi connectivity index (χ4n) is 2.18. The lowest BCUT2D eigenvalue weighted by Crippen LogP contribution is -2.21. The zero-order valence-corrected chi connectivity index (χ0v) is 14.4. The van der Waals surface area contributed by atoms with Crippen LogP contribution in [0.25, 0.3) is 0 Å². The van der Waals surface area contributed by atoms with Crippen molar-refractivity contribution in [1.29, 1.82) is 0 Å². The zero-order valence-electron chi connectivity index (χ0n) is 13.6. The SMILES string of the molecule is O=C(COc1ccccc1Cl)Nc1cccnc1Nc1ccc(O)cc1. The Morgan fingerprint density at radius 1 is 1.08 bits per heavy atom. The van der Waals surface area contributed by atoms with E-state index in [0.717, 1.165) is 5.69 Å². The molecule has 0 fully saturated rings. The largest absolute Gasteiger partial charge is 0.508 e. The van der Waals surface area contributed by atoms with Crippen molar-refractivity contribution in [3.05, 3.63) is 71.9 Å². The van der Waals surface area contributed by atoms with Crippen LogP contribution in [0.5, 0.6) is 11.5 Å². The van der Waals surface area contributed by atoms with Gasteiger partial charge in [-0.1, -0.05) is 23.7 Å². The van der Waals surface area contributed by atoms with Crippen molar-refractivity contribution in [3.8, 4) is 11.5 Å². The summed E-state index contributed by atoms with van der Waals surface area (Å²) in [6, 6.07) is 16.9. The van der Waals surface area contributed by atoms with Crippen LogP contribution in [-0.2, 0) is 4.79 Å². The highest BCUT2D eigenvalue weighted by molar-refractivity contribution is 6.32. The van der Waals surface area contributed by atoms with Gasteiger partial charge in [-0.15, -0.1) is 0 Å². The molecule has 0 aliphatic heterocycles. The van der Waals surface area contributed by atoms with E-state index in [0.29, 0.717) is 22.3 Å². The molecule has 0 spiro atoms. The lowest BCUT2D eigenvalue weighted by molar-refractivity contribution is -0.118. The number of carbonyl (C=O) groups excluding carboxylic acids is 1. The average Bonchev–Trinajstić information content (AvgIpc) is 2.64. The Morgan fingerprint density at radius 3 is 2.62 bits per heavy atom. The Morgan fingerprint density at radius 2 is 1.85 bits per heavy atom. The molecule has 26 heavy (non-hydrogen) atoms. The lowest BCUT2D eigenvalue weighted by Gasteiger charge is -2.13. The van der Waals surface area contributed by atoms with Crippen molar-refractivity contribution in [3.63, 3.8) is 0 Å². The number of benzene rings is 2. The predicted molar refractivity (Wildman–Crippen MR) is 101 cm³/mol. The number of amides is 1. The van der Waals surface area contributed by atoms with Gasteiger partial charge in [-0.05, 0) is 48.5 Å². The fourth-order valence-corrected chi connectivity index (χ4v) is 2.37. The number of nitrogens with zero attached hydrogens (tertiary/aromatic N) is 1. The summed E-state index contributed by atoms with van der Waals surface area (Å²) in [7, 11) is 0. The highest BCUT2D eigenvalue weighted by atomic mass is 35.5. The molecule has 0 saturated heterocycles. The maximum Gasteiger partial charge on any atom is 0.262 e. The Balaban J connectivity index is 1.65. The number of phenolic OH excluding ortho intramolecular Hbond substituents is 1. The van der Waals surface area contributed by atoms with E-state index in [1.54, 1.807) is 66.9 Å². The Bertz CT molecular complexity index is 901. The van der Waals surface area contributed by atoms with Crippen LogP contribution in [0, 0.1) is 0 Å². The Kier molecular flexibility index (Phi) is 5.56. The zero-order chi connectivity index (χ0) is 18.4. The molecule has 1 heterocycles. The van der Waals surface area contributed by atoms with Gasteiger partial charge in [0, 0.05) is 11.9 Å². The molecule has 6 nitrogen and oxygen atoms in total.